The Hall–Kier alpha value is -1.73. The molecule has 0 saturated carbocycles. The van der Waals surface area contributed by atoms with Crippen molar-refractivity contribution in [2.24, 2.45) is 0 Å². The number of nitrogens with one attached hydrogen (secondary N) is 1. The lowest BCUT2D eigenvalue weighted by molar-refractivity contribution is -0.122. The molecule has 1 saturated heterocycles. The van der Waals surface area contributed by atoms with Crippen LogP contribution in [0, 0.1) is 11.3 Å². The molecule has 1 N–H and O–H groups in total. The Bertz CT molecular complexity index is 524. The van der Waals surface area contributed by atoms with Gasteiger partial charge in [-0.25, -0.2) is 0 Å². The molecule has 0 aromatic heterocycles. The summed E-state index contributed by atoms with van der Waals surface area (Å²) in [7, 11) is 1.64. The van der Waals surface area contributed by atoms with Crippen molar-refractivity contribution >= 4 is 23.2 Å². The molecule has 1 aliphatic rings. The number of halogens is 1. The van der Waals surface area contributed by atoms with E-state index in [2.05, 4.69) is 11.4 Å². The molecule has 5 heteroatoms. The van der Waals surface area contributed by atoms with Crippen molar-refractivity contribution in [2.45, 2.75) is 25.3 Å². The monoisotopic (exact) mass is 277 g/mol. The minimum absolute atomic E-state index is 0.00135. The Morgan fingerprint density at radius 2 is 2.32 bits per heavy atom. The molecule has 1 atom stereocenters. The van der Waals surface area contributed by atoms with Crippen LogP contribution >= 0.6 is 11.6 Å². The summed E-state index contributed by atoms with van der Waals surface area (Å²) >= 11 is 5.91. The molecule has 4 nitrogen and oxygen atoms in total. The fourth-order valence-electron chi connectivity index (χ4n) is 2.51. The van der Waals surface area contributed by atoms with Crippen LogP contribution in [-0.2, 0) is 4.79 Å². The fourth-order valence-corrected chi connectivity index (χ4v) is 2.68. The molecule has 2 rings (SSSR count). The van der Waals surface area contributed by atoms with Gasteiger partial charge >= 0.3 is 0 Å². The maximum absolute atomic E-state index is 12.0. The molecule has 0 aliphatic carbocycles. The quantitative estimate of drug-likeness (QED) is 0.903. The molecule has 19 heavy (non-hydrogen) atoms. The van der Waals surface area contributed by atoms with Crippen molar-refractivity contribution in [3.05, 3.63) is 28.8 Å². The second kappa shape index (κ2) is 5.94. The molecular weight excluding hydrogens is 262 g/mol. The Morgan fingerprint density at radius 1 is 1.53 bits per heavy atom. The average Bonchev–Trinajstić information content (AvgIpc) is 2.46. The Kier molecular flexibility index (Phi) is 4.28. The second-order valence-electron chi connectivity index (χ2n) is 4.59. The van der Waals surface area contributed by atoms with Crippen molar-refractivity contribution in [2.75, 3.05) is 18.5 Å². The molecule has 1 aromatic rings. The van der Waals surface area contributed by atoms with E-state index in [-0.39, 0.29) is 11.9 Å². The largest absolute Gasteiger partial charge is 0.358 e. The van der Waals surface area contributed by atoms with Crippen LogP contribution in [0.2, 0.25) is 5.02 Å². The topological polar surface area (TPSA) is 56.1 Å². The summed E-state index contributed by atoms with van der Waals surface area (Å²) in [5.41, 5.74) is 1.31. The van der Waals surface area contributed by atoms with Crippen LogP contribution in [0.4, 0.5) is 5.69 Å². The highest BCUT2D eigenvalue weighted by atomic mass is 35.5. The van der Waals surface area contributed by atoms with Gasteiger partial charge in [0.05, 0.1) is 11.3 Å². The zero-order chi connectivity index (χ0) is 13.8. The lowest BCUT2D eigenvalue weighted by Gasteiger charge is -2.36. The van der Waals surface area contributed by atoms with E-state index in [1.807, 2.05) is 11.0 Å². The van der Waals surface area contributed by atoms with Gasteiger partial charge in [-0.1, -0.05) is 11.6 Å². The number of hydrogen-bond donors (Lipinski definition) is 1. The summed E-state index contributed by atoms with van der Waals surface area (Å²) in [5, 5.41) is 12.4. The zero-order valence-corrected chi connectivity index (χ0v) is 11.6. The summed E-state index contributed by atoms with van der Waals surface area (Å²) in [4.78, 5) is 14.0. The van der Waals surface area contributed by atoms with Crippen LogP contribution in [-0.4, -0.2) is 25.5 Å². The highest BCUT2D eigenvalue weighted by molar-refractivity contribution is 6.30. The lowest BCUT2D eigenvalue weighted by atomic mass is 9.99. The molecule has 1 aromatic carbocycles. The minimum atomic E-state index is -0.202. The third kappa shape index (κ3) is 2.82. The normalized spacial score (nSPS) is 18.8. The van der Waals surface area contributed by atoms with E-state index in [0.717, 1.165) is 31.5 Å². The van der Waals surface area contributed by atoms with Crippen molar-refractivity contribution in [3.8, 4) is 6.07 Å². The van der Waals surface area contributed by atoms with Crippen LogP contribution in [0.5, 0.6) is 0 Å². The smallest absolute Gasteiger partial charge is 0.242 e. The van der Waals surface area contributed by atoms with E-state index in [4.69, 9.17) is 11.6 Å². The van der Waals surface area contributed by atoms with E-state index < -0.39 is 0 Å². The number of amides is 1. The molecule has 100 valence electrons. The van der Waals surface area contributed by atoms with Gasteiger partial charge < -0.3 is 10.2 Å². The van der Waals surface area contributed by atoms with Crippen molar-refractivity contribution in [1.29, 1.82) is 5.26 Å². The number of nitrogens with zero attached hydrogens (tertiary/aromatic N) is 2. The first-order chi connectivity index (χ1) is 9.17. The first kappa shape index (κ1) is 13.7. The highest BCUT2D eigenvalue weighted by Crippen LogP contribution is 2.29. The van der Waals surface area contributed by atoms with Gasteiger partial charge in [0.1, 0.15) is 12.1 Å². The average molecular weight is 278 g/mol. The van der Waals surface area contributed by atoms with Crippen LogP contribution < -0.4 is 10.2 Å². The van der Waals surface area contributed by atoms with E-state index in [9.17, 15) is 10.1 Å². The predicted octanol–water partition coefficient (Wildman–Crippen LogP) is 2.32. The fraction of sp³-hybridized carbons (Fsp3) is 0.429. The second-order valence-corrected chi connectivity index (χ2v) is 5.03. The van der Waals surface area contributed by atoms with Gasteiger partial charge in [-0.05, 0) is 37.5 Å². The van der Waals surface area contributed by atoms with Crippen LogP contribution in [0.3, 0.4) is 0 Å². The van der Waals surface area contributed by atoms with Gasteiger partial charge in [-0.2, -0.15) is 5.26 Å². The number of carbonyl (C=O) groups excluding carboxylic acids is 1. The number of benzene rings is 1. The number of piperidine rings is 1. The maximum Gasteiger partial charge on any atom is 0.242 e. The Balaban J connectivity index is 2.38. The molecule has 1 heterocycles. The molecule has 1 amide bonds. The van der Waals surface area contributed by atoms with Crippen molar-refractivity contribution < 1.29 is 4.79 Å². The number of likely N-dealkylation sites (N-methyl/N-ethyl adjacent to an activating group) is 1. The molecule has 1 fully saturated rings. The summed E-state index contributed by atoms with van der Waals surface area (Å²) < 4.78 is 0. The van der Waals surface area contributed by atoms with E-state index >= 15 is 0 Å². The zero-order valence-electron chi connectivity index (χ0n) is 10.8. The van der Waals surface area contributed by atoms with Crippen molar-refractivity contribution in [3.63, 3.8) is 0 Å². The third-order valence-electron chi connectivity index (χ3n) is 3.44. The van der Waals surface area contributed by atoms with Crippen LogP contribution in [0.25, 0.3) is 0 Å². The van der Waals surface area contributed by atoms with Crippen LogP contribution in [0.1, 0.15) is 24.8 Å². The molecule has 1 aliphatic heterocycles. The lowest BCUT2D eigenvalue weighted by Crippen LogP contribution is -2.49. The molecular formula is C14H16ClN3O. The van der Waals surface area contributed by atoms with E-state index in [1.54, 1.807) is 19.2 Å². The third-order valence-corrected chi connectivity index (χ3v) is 3.68. The van der Waals surface area contributed by atoms with Gasteiger partial charge in [-0.15, -0.1) is 0 Å². The Morgan fingerprint density at radius 3 is 3.00 bits per heavy atom. The van der Waals surface area contributed by atoms with E-state index in [0.29, 0.717) is 10.6 Å². The van der Waals surface area contributed by atoms with Gasteiger partial charge in [0.15, 0.2) is 0 Å². The summed E-state index contributed by atoms with van der Waals surface area (Å²) in [6, 6.07) is 7.18. The number of rotatable bonds is 2. The first-order valence-electron chi connectivity index (χ1n) is 6.35. The van der Waals surface area contributed by atoms with Gasteiger partial charge in [0.25, 0.3) is 0 Å². The SMILES string of the molecule is CNC(=O)C1CCCCN1c1ccc(Cl)cc1C#N. The number of hydrogen-bond acceptors (Lipinski definition) is 3. The first-order valence-corrected chi connectivity index (χ1v) is 6.73. The van der Waals surface area contributed by atoms with Gasteiger partial charge in [-0.3, -0.25) is 4.79 Å². The molecule has 1 unspecified atom stereocenters. The Labute approximate surface area is 118 Å². The minimum Gasteiger partial charge on any atom is -0.358 e. The summed E-state index contributed by atoms with van der Waals surface area (Å²) in [6.07, 6.45) is 2.87. The number of anilines is 1. The maximum atomic E-state index is 12.0. The van der Waals surface area contributed by atoms with Crippen molar-refractivity contribution in [1.82, 2.24) is 5.32 Å². The van der Waals surface area contributed by atoms with Gasteiger partial charge in [0.2, 0.25) is 5.91 Å². The number of nitriles is 1. The van der Waals surface area contributed by atoms with Crippen LogP contribution in [0.15, 0.2) is 18.2 Å². The number of carbonyl (C=O) groups is 1. The predicted molar refractivity (Wildman–Crippen MR) is 75.2 cm³/mol. The molecule has 0 bridgehead atoms. The summed E-state index contributed by atoms with van der Waals surface area (Å²) in [5.74, 6) is -0.00135. The van der Waals surface area contributed by atoms with Gasteiger partial charge in [0, 0.05) is 18.6 Å². The van der Waals surface area contributed by atoms with E-state index in [1.165, 1.54) is 0 Å². The summed E-state index contributed by atoms with van der Waals surface area (Å²) in [6.45, 7) is 0.786. The standard InChI is InChI=1S/C14H16ClN3O/c1-17-14(19)13-4-2-3-7-18(13)12-6-5-11(15)8-10(12)9-16/h5-6,8,13H,2-4,7H2,1H3,(H,17,19). The molecule has 0 radical (unpaired) electrons. The highest BCUT2D eigenvalue weighted by Gasteiger charge is 2.29. The molecule has 0 spiro atoms.